The van der Waals surface area contributed by atoms with Crippen LogP contribution in [0.1, 0.15) is 6.42 Å². The van der Waals surface area contributed by atoms with Gasteiger partial charge in [-0.05, 0) is 11.6 Å². The maximum atomic E-state index is 6.07. The Balaban J connectivity index is 1.92. The van der Waals surface area contributed by atoms with E-state index in [2.05, 4.69) is 10.3 Å². The Morgan fingerprint density at radius 3 is 3.35 bits per heavy atom. The van der Waals surface area contributed by atoms with E-state index in [0.29, 0.717) is 20.3 Å². The molecule has 0 aromatic rings. The van der Waals surface area contributed by atoms with Crippen LogP contribution in [0.5, 0.6) is 0 Å². The summed E-state index contributed by atoms with van der Waals surface area (Å²) in [4.78, 5) is 4.10. The molecule has 1 fully saturated rings. The van der Waals surface area contributed by atoms with E-state index in [4.69, 9.17) is 19.9 Å². The van der Waals surface area contributed by atoms with E-state index in [9.17, 15) is 0 Å². The van der Waals surface area contributed by atoms with Gasteiger partial charge >= 0.3 is 0 Å². The lowest BCUT2D eigenvalue weighted by Gasteiger charge is -2.23. The topological polar surface area (TPSA) is 78.1 Å². The molecule has 0 radical (unpaired) electrons. The van der Waals surface area contributed by atoms with Crippen LogP contribution in [0.2, 0.25) is 0 Å². The van der Waals surface area contributed by atoms with E-state index in [1.165, 1.54) is 0 Å². The predicted molar refractivity (Wildman–Crippen MR) is 61.0 cm³/mol. The molecule has 3 rings (SSSR count). The molecule has 2 aliphatic heterocycles. The van der Waals surface area contributed by atoms with Crippen molar-refractivity contribution in [2.24, 2.45) is 10.7 Å². The van der Waals surface area contributed by atoms with Gasteiger partial charge in [0.05, 0.1) is 6.04 Å². The zero-order valence-electron chi connectivity index (χ0n) is 9.39. The Labute approximate surface area is 99.1 Å². The van der Waals surface area contributed by atoms with Gasteiger partial charge in [0, 0.05) is 18.3 Å². The SMILES string of the molecule is NC1C=NCOCNC2=C1C=C1OCOC1C2. The van der Waals surface area contributed by atoms with Crippen molar-refractivity contribution in [1.82, 2.24) is 5.32 Å². The number of rotatable bonds is 0. The summed E-state index contributed by atoms with van der Waals surface area (Å²) in [5, 5.41) is 3.22. The molecule has 0 aromatic heterocycles. The Kier molecular flexibility index (Phi) is 2.84. The predicted octanol–water partition coefficient (Wildman–Crippen LogP) is -0.166. The van der Waals surface area contributed by atoms with Gasteiger partial charge in [0.15, 0.2) is 6.79 Å². The number of nitrogens with two attached hydrogens (primary N) is 1. The van der Waals surface area contributed by atoms with Crippen molar-refractivity contribution in [3.05, 3.63) is 23.1 Å². The molecule has 3 N–H and O–H groups in total. The molecule has 1 aliphatic carbocycles. The summed E-state index contributed by atoms with van der Waals surface area (Å²) in [6.07, 6.45) is 4.40. The number of hydrogen-bond donors (Lipinski definition) is 2. The maximum absolute atomic E-state index is 6.07. The van der Waals surface area contributed by atoms with Gasteiger partial charge in [-0.2, -0.15) is 0 Å². The molecule has 2 heterocycles. The minimum absolute atomic E-state index is 0.00569. The van der Waals surface area contributed by atoms with Crippen LogP contribution in [-0.2, 0) is 14.2 Å². The third-order valence-corrected chi connectivity index (χ3v) is 3.03. The quantitative estimate of drug-likeness (QED) is 0.612. The second-order valence-electron chi connectivity index (χ2n) is 4.11. The fourth-order valence-electron chi connectivity index (χ4n) is 2.14. The Morgan fingerprint density at radius 1 is 1.47 bits per heavy atom. The lowest BCUT2D eigenvalue weighted by atomic mass is 9.95. The Bertz CT molecular complexity index is 403. The fourth-order valence-corrected chi connectivity index (χ4v) is 2.14. The van der Waals surface area contributed by atoms with Crippen LogP contribution in [0.4, 0.5) is 0 Å². The molecule has 2 unspecified atom stereocenters. The van der Waals surface area contributed by atoms with Gasteiger partial charge in [0.25, 0.3) is 0 Å². The molecular weight excluding hydrogens is 222 g/mol. The van der Waals surface area contributed by atoms with E-state index in [1.807, 2.05) is 6.08 Å². The molecule has 3 aliphatic rings. The van der Waals surface area contributed by atoms with Crippen LogP contribution in [-0.4, -0.2) is 38.6 Å². The van der Waals surface area contributed by atoms with Crippen LogP contribution >= 0.6 is 0 Å². The largest absolute Gasteiger partial charge is 0.469 e. The minimum atomic E-state index is -0.239. The summed E-state index contributed by atoms with van der Waals surface area (Å²) in [6.45, 7) is 1.07. The van der Waals surface area contributed by atoms with Crippen molar-refractivity contribution in [3.63, 3.8) is 0 Å². The molecule has 0 aromatic carbocycles. The van der Waals surface area contributed by atoms with Crippen molar-refractivity contribution in [3.8, 4) is 0 Å². The van der Waals surface area contributed by atoms with Crippen molar-refractivity contribution in [2.45, 2.75) is 18.6 Å². The summed E-state index contributed by atoms with van der Waals surface area (Å²) in [6, 6.07) is -0.239. The van der Waals surface area contributed by atoms with Crippen LogP contribution in [0.3, 0.4) is 0 Å². The van der Waals surface area contributed by atoms with E-state index >= 15 is 0 Å². The lowest BCUT2D eigenvalue weighted by molar-refractivity contribution is 0.0489. The zero-order valence-corrected chi connectivity index (χ0v) is 9.39. The monoisotopic (exact) mass is 237 g/mol. The van der Waals surface area contributed by atoms with Crippen molar-refractivity contribution < 1.29 is 14.2 Å². The third-order valence-electron chi connectivity index (χ3n) is 3.03. The zero-order chi connectivity index (χ0) is 11.7. The summed E-state index contributed by atoms with van der Waals surface area (Å²) in [5.74, 6) is 0.856. The van der Waals surface area contributed by atoms with Crippen molar-refractivity contribution >= 4 is 6.21 Å². The van der Waals surface area contributed by atoms with Crippen LogP contribution < -0.4 is 11.1 Å². The third kappa shape index (κ3) is 2.06. The first-order chi connectivity index (χ1) is 8.34. The molecule has 6 heteroatoms. The summed E-state index contributed by atoms with van der Waals surface area (Å²) < 4.78 is 16.1. The van der Waals surface area contributed by atoms with Gasteiger partial charge in [-0.3, -0.25) is 4.99 Å². The highest BCUT2D eigenvalue weighted by Crippen LogP contribution is 2.30. The van der Waals surface area contributed by atoms with E-state index in [1.54, 1.807) is 6.21 Å². The molecule has 1 saturated heterocycles. The van der Waals surface area contributed by atoms with Gasteiger partial charge in [0.2, 0.25) is 0 Å². The first-order valence-corrected chi connectivity index (χ1v) is 5.61. The molecule has 0 saturated carbocycles. The summed E-state index contributed by atoms with van der Waals surface area (Å²) in [7, 11) is 0. The highest BCUT2D eigenvalue weighted by atomic mass is 16.7. The smallest absolute Gasteiger partial charge is 0.189 e. The average molecular weight is 237 g/mol. The summed E-state index contributed by atoms with van der Waals surface area (Å²) in [5.41, 5.74) is 8.11. The van der Waals surface area contributed by atoms with Gasteiger partial charge in [-0.15, -0.1) is 0 Å². The van der Waals surface area contributed by atoms with Gasteiger partial charge in [0.1, 0.15) is 25.3 Å². The second-order valence-corrected chi connectivity index (χ2v) is 4.11. The number of fused-ring (bicyclic) bond motifs is 1. The molecule has 92 valence electrons. The first-order valence-electron chi connectivity index (χ1n) is 5.61. The average Bonchev–Trinajstić information content (AvgIpc) is 2.80. The summed E-state index contributed by atoms with van der Waals surface area (Å²) >= 11 is 0. The van der Waals surface area contributed by atoms with Crippen LogP contribution in [0, 0.1) is 0 Å². The van der Waals surface area contributed by atoms with E-state index in [0.717, 1.165) is 23.5 Å². The number of nitrogens with zero attached hydrogens (tertiary/aromatic N) is 1. The van der Waals surface area contributed by atoms with Gasteiger partial charge < -0.3 is 25.3 Å². The Morgan fingerprint density at radius 2 is 2.41 bits per heavy atom. The number of aliphatic imine (C=N–C) groups is 1. The van der Waals surface area contributed by atoms with Crippen LogP contribution in [0.25, 0.3) is 0 Å². The van der Waals surface area contributed by atoms with Crippen molar-refractivity contribution in [1.29, 1.82) is 0 Å². The van der Waals surface area contributed by atoms with Crippen molar-refractivity contribution in [2.75, 3.05) is 20.3 Å². The standard InChI is InChI=1S/C11H15N3O3/c12-8-3-13-4-15-5-14-9-2-11-10(1-7(8)9)16-6-17-11/h1,3,8,11,14H,2,4-6,12H2. The lowest BCUT2D eigenvalue weighted by Crippen LogP contribution is -2.32. The Hall–Kier alpha value is -1.37. The first kappa shape index (κ1) is 10.8. The molecule has 6 nitrogen and oxygen atoms in total. The van der Waals surface area contributed by atoms with Crippen LogP contribution in [0.15, 0.2) is 28.1 Å². The van der Waals surface area contributed by atoms with E-state index < -0.39 is 0 Å². The second kappa shape index (κ2) is 4.48. The van der Waals surface area contributed by atoms with Gasteiger partial charge in [-0.25, -0.2) is 0 Å². The fraction of sp³-hybridized carbons (Fsp3) is 0.545. The normalized spacial score (nSPS) is 32.4. The molecule has 0 spiro atoms. The molecular formula is C11H15N3O3. The number of nitrogens with one attached hydrogen (secondary N) is 1. The highest BCUT2D eigenvalue weighted by molar-refractivity contribution is 5.71. The molecule has 0 amide bonds. The highest BCUT2D eigenvalue weighted by Gasteiger charge is 2.31. The molecule has 2 atom stereocenters. The van der Waals surface area contributed by atoms with Gasteiger partial charge in [-0.1, -0.05) is 0 Å². The maximum Gasteiger partial charge on any atom is 0.189 e. The number of ether oxygens (including phenoxy) is 3. The van der Waals surface area contributed by atoms with E-state index in [-0.39, 0.29) is 12.1 Å². The molecule has 17 heavy (non-hydrogen) atoms. The minimum Gasteiger partial charge on any atom is -0.469 e. The molecule has 0 bridgehead atoms. The number of hydrogen-bond acceptors (Lipinski definition) is 6.